The Morgan fingerprint density at radius 1 is 1.64 bits per heavy atom. The maximum atomic E-state index is 10.2. The zero-order chi connectivity index (χ0) is 9.02. The maximum absolute atomic E-state index is 10.2. The number of hydrogen-bond acceptors (Lipinski definition) is 2. The molecule has 0 aliphatic heterocycles. The molecule has 0 rings (SSSR count). The molecule has 0 amide bonds. The summed E-state index contributed by atoms with van der Waals surface area (Å²) in [5.41, 5.74) is 5.24. The lowest BCUT2D eigenvalue weighted by molar-refractivity contribution is -0.138. The van der Waals surface area contributed by atoms with E-state index in [9.17, 15) is 4.79 Å². The van der Waals surface area contributed by atoms with Crippen molar-refractivity contribution in [1.29, 1.82) is 0 Å². The van der Waals surface area contributed by atoms with Crippen LogP contribution in [0.3, 0.4) is 0 Å². The highest BCUT2D eigenvalue weighted by Crippen LogP contribution is 2.18. The van der Waals surface area contributed by atoms with Crippen LogP contribution in [-0.2, 0) is 4.79 Å². The molecule has 0 aromatic rings. The fourth-order valence-electron chi connectivity index (χ4n) is 0.604. The standard InChI is InChI=1S/C6H11Cl2NO2/c1-3(5(7)8)2-4(9)6(10)11/h3-5H,2,9H2,1H3,(H,10,11)/t3-,4-/m0/s1/i1+1. The lowest BCUT2D eigenvalue weighted by Crippen LogP contribution is -2.32. The van der Waals surface area contributed by atoms with Crippen LogP contribution in [0.5, 0.6) is 0 Å². The third kappa shape index (κ3) is 4.45. The predicted octanol–water partition coefficient (Wildman–Crippen LogP) is 1.23. The first-order valence-electron chi connectivity index (χ1n) is 3.21. The summed E-state index contributed by atoms with van der Waals surface area (Å²) in [5.74, 6) is -1.12. The molecule has 2 atom stereocenters. The van der Waals surface area contributed by atoms with Gasteiger partial charge in [0.25, 0.3) is 0 Å². The molecule has 0 radical (unpaired) electrons. The van der Waals surface area contributed by atoms with Crippen LogP contribution < -0.4 is 5.73 Å². The second-order valence-electron chi connectivity index (χ2n) is 2.49. The van der Waals surface area contributed by atoms with Crippen LogP contribution in [-0.4, -0.2) is 22.0 Å². The Morgan fingerprint density at radius 3 is 2.36 bits per heavy atom. The maximum Gasteiger partial charge on any atom is 0.320 e. The van der Waals surface area contributed by atoms with E-state index in [1.807, 2.05) is 0 Å². The smallest absolute Gasteiger partial charge is 0.320 e. The predicted molar refractivity (Wildman–Crippen MR) is 44.9 cm³/mol. The van der Waals surface area contributed by atoms with Crippen LogP contribution in [0.2, 0.25) is 0 Å². The molecular weight excluding hydrogens is 190 g/mol. The summed E-state index contributed by atoms with van der Waals surface area (Å²) in [5, 5.41) is 8.40. The summed E-state index contributed by atoms with van der Waals surface area (Å²) in [6.45, 7) is 1.76. The fourth-order valence-corrected chi connectivity index (χ4v) is 0.810. The summed E-state index contributed by atoms with van der Waals surface area (Å²) >= 11 is 11.0. The average Bonchev–Trinajstić information content (AvgIpc) is 1.87. The van der Waals surface area contributed by atoms with Gasteiger partial charge in [-0.25, -0.2) is 0 Å². The van der Waals surface area contributed by atoms with Crippen LogP contribution in [0.4, 0.5) is 0 Å². The average molecular weight is 201 g/mol. The second-order valence-corrected chi connectivity index (χ2v) is 3.66. The van der Waals surface area contributed by atoms with Gasteiger partial charge < -0.3 is 10.8 Å². The molecule has 0 aliphatic rings. The molecule has 3 N–H and O–H groups in total. The summed E-state index contributed by atoms with van der Waals surface area (Å²) in [6.07, 6.45) is 0.299. The van der Waals surface area contributed by atoms with E-state index in [-0.39, 0.29) is 5.92 Å². The molecule has 0 unspecified atom stereocenters. The lowest BCUT2D eigenvalue weighted by atomic mass is 10.1. The van der Waals surface area contributed by atoms with E-state index in [2.05, 4.69) is 0 Å². The van der Waals surface area contributed by atoms with Crippen LogP contribution in [0.1, 0.15) is 13.3 Å². The van der Waals surface area contributed by atoms with Crippen LogP contribution in [0, 0.1) is 5.92 Å². The van der Waals surface area contributed by atoms with Crippen molar-refractivity contribution in [2.45, 2.75) is 24.2 Å². The van der Waals surface area contributed by atoms with Crippen molar-refractivity contribution < 1.29 is 9.90 Å². The van der Waals surface area contributed by atoms with E-state index in [0.717, 1.165) is 0 Å². The SMILES string of the molecule is [13CH3][C@@H](C[C@H](N)C(=O)O)C(Cl)Cl. The minimum atomic E-state index is -1.02. The Bertz CT molecular complexity index is 141. The number of alkyl halides is 2. The van der Waals surface area contributed by atoms with Crippen LogP contribution >= 0.6 is 23.2 Å². The van der Waals surface area contributed by atoms with E-state index in [1.54, 1.807) is 6.92 Å². The largest absolute Gasteiger partial charge is 0.480 e. The van der Waals surface area contributed by atoms with Gasteiger partial charge in [0.2, 0.25) is 0 Å². The van der Waals surface area contributed by atoms with Gasteiger partial charge in [0.05, 0.1) is 0 Å². The number of rotatable bonds is 4. The molecule has 0 bridgehead atoms. The van der Waals surface area contributed by atoms with Gasteiger partial charge in [-0.2, -0.15) is 0 Å². The van der Waals surface area contributed by atoms with Crippen LogP contribution in [0.25, 0.3) is 0 Å². The molecule has 0 aromatic heterocycles. The van der Waals surface area contributed by atoms with Crippen molar-refractivity contribution in [2.24, 2.45) is 11.7 Å². The van der Waals surface area contributed by atoms with Gasteiger partial charge in [0.1, 0.15) is 10.9 Å². The van der Waals surface area contributed by atoms with Crippen molar-refractivity contribution in [3.05, 3.63) is 0 Å². The fraction of sp³-hybridized carbons (Fsp3) is 0.833. The third-order valence-corrected chi connectivity index (χ3v) is 2.23. The van der Waals surface area contributed by atoms with Gasteiger partial charge in [0.15, 0.2) is 0 Å². The number of aliphatic carboxylic acids is 1. The molecule has 0 saturated heterocycles. The first-order valence-corrected chi connectivity index (χ1v) is 4.09. The zero-order valence-corrected chi connectivity index (χ0v) is 7.64. The minimum absolute atomic E-state index is 0.0931. The Morgan fingerprint density at radius 2 is 2.09 bits per heavy atom. The van der Waals surface area contributed by atoms with E-state index < -0.39 is 16.8 Å². The number of halogens is 2. The first kappa shape index (κ1) is 11.0. The van der Waals surface area contributed by atoms with Crippen molar-refractivity contribution in [3.63, 3.8) is 0 Å². The van der Waals surface area contributed by atoms with E-state index in [1.165, 1.54) is 0 Å². The van der Waals surface area contributed by atoms with Gasteiger partial charge in [-0.3, -0.25) is 4.79 Å². The molecule has 0 aromatic carbocycles. The molecule has 5 heteroatoms. The Labute approximate surface area is 75.5 Å². The number of carboxylic acid groups (broad SMARTS) is 1. The minimum Gasteiger partial charge on any atom is -0.480 e. The van der Waals surface area contributed by atoms with Gasteiger partial charge in [-0.15, -0.1) is 23.2 Å². The topological polar surface area (TPSA) is 63.3 Å². The zero-order valence-electron chi connectivity index (χ0n) is 6.13. The highest BCUT2D eigenvalue weighted by Gasteiger charge is 2.19. The normalized spacial score (nSPS) is 16.5. The van der Waals surface area contributed by atoms with Gasteiger partial charge in [-0.05, 0) is 12.3 Å². The number of carbonyl (C=O) groups is 1. The monoisotopic (exact) mass is 200 g/mol. The molecular formula is C6H11Cl2NO2. The lowest BCUT2D eigenvalue weighted by Gasteiger charge is -2.14. The molecule has 0 saturated carbocycles. The Kier molecular flexibility index (Phi) is 4.81. The summed E-state index contributed by atoms with van der Waals surface area (Å²) in [6, 6.07) is -0.870. The molecule has 11 heavy (non-hydrogen) atoms. The van der Waals surface area contributed by atoms with Gasteiger partial charge in [-0.1, -0.05) is 6.92 Å². The summed E-state index contributed by atoms with van der Waals surface area (Å²) in [7, 11) is 0. The number of hydrogen-bond donors (Lipinski definition) is 2. The molecule has 0 fully saturated rings. The van der Waals surface area contributed by atoms with E-state index >= 15 is 0 Å². The van der Waals surface area contributed by atoms with Crippen molar-refractivity contribution in [2.75, 3.05) is 0 Å². The quantitative estimate of drug-likeness (QED) is 0.531. The van der Waals surface area contributed by atoms with Gasteiger partial charge >= 0.3 is 5.97 Å². The third-order valence-electron chi connectivity index (χ3n) is 1.37. The highest BCUT2D eigenvalue weighted by atomic mass is 35.5. The summed E-state index contributed by atoms with van der Waals surface area (Å²) < 4.78 is 0. The second kappa shape index (κ2) is 4.80. The van der Waals surface area contributed by atoms with Crippen molar-refractivity contribution >= 4 is 29.2 Å². The molecule has 0 heterocycles. The summed E-state index contributed by atoms with van der Waals surface area (Å²) in [4.78, 5) is 9.69. The Hall–Kier alpha value is 0.01000. The van der Waals surface area contributed by atoms with Crippen molar-refractivity contribution in [1.82, 2.24) is 0 Å². The number of carboxylic acids is 1. The van der Waals surface area contributed by atoms with Gasteiger partial charge in [0, 0.05) is 0 Å². The van der Waals surface area contributed by atoms with E-state index in [4.69, 9.17) is 34.0 Å². The first-order chi connectivity index (χ1) is 4.95. The highest BCUT2D eigenvalue weighted by molar-refractivity contribution is 6.44. The number of nitrogens with two attached hydrogens (primary N) is 1. The molecule has 3 nitrogen and oxygen atoms in total. The Balaban J connectivity index is 3.75. The molecule has 0 aliphatic carbocycles. The van der Waals surface area contributed by atoms with Crippen molar-refractivity contribution in [3.8, 4) is 0 Å². The van der Waals surface area contributed by atoms with Crippen LogP contribution in [0.15, 0.2) is 0 Å². The van der Waals surface area contributed by atoms with E-state index in [0.29, 0.717) is 6.42 Å². The molecule has 0 spiro atoms. The molecule has 66 valence electrons.